The van der Waals surface area contributed by atoms with Crippen LogP contribution >= 0.6 is 0 Å². The maximum Gasteiger partial charge on any atom is 0.301 e. The maximum absolute atomic E-state index is 13.2. The summed E-state index contributed by atoms with van der Waals surface area (Å²) in [5.74, 6) is -1.67. The number of rotatable bonds is 8. The molecular weight excluding hydrogens is 352 g/mol. The van der Waals surface area contributed by atoms with Crippen LogP contribution in [-0.2, 0) is 14.4 Å². The molecule has 1 aliphatic carbocycles. The third kappa shape index (κ3) is 4.47. The van der Waals surface area contributed by atoms with Gasteiger partial charge in [-0.25, -0.2) is 10.5 Å². The molecule has 2 heterocycles. The minimum Gasteiger partial charge on any atom is -0.432 e. The molecule has 1 aromatic heterocycles. The zero-order chi connectivity index (χ0) is 19.4. The van der Waals surface area contributed by atoms with Gasteiger partial charge in [-0.2, -0.15) is 0 Å². The number of nitrogens with zero attached hydrogens (tertiary/aromatic N) is 2. The fraction of sp³-hybridized carbons (Fsp3) is 0.667. The zero-order valence-electron chi connectivity index (χ0n) is 15.4. The lowest BCUT2D eigenvalue weighted by Crippen LogP contribution is -2.46. The molecule has 9 heteroatoms. The van der Waals surface area contributed by atoms with Crippen molar-refractivity contribution in [2.75, 3.05) is 11.9 Å². The van der Waals surface area contributed by atoms with Gasteiger partial charge < -0.3 is 9.32 Å². The second-order valence-corrected chi connectivity index (χ2v) is 7.59. The highest BCUT2D eigenvalue weighted by Gasteiger charge is 2.55. The number of hydroxylamine groups is 1. The van der Waals surface area contributed by atoms with Crippen LogP contribution in [-0.4, -0.2) is 45.4 Å². The lowest BCUT2D eigenvalue weighted by atomic mass is 9.96. The van der Waals surface area contributed by atoms with E-state index >= 15 is 0 Å². The van der Waals surface area contributed by atoms with Crippen molar-refractivity contribution in [2.24, 2.45) is 11.3 Å². The molecule has 2 atom stereocenters. The molecular formula is C18H26N4O5. The fourth-order valence-electron chi connectivity index (χ4n) is 3.80. The minimum absolute atomic E-state index is 0.0167. The van der Waals surface area contributed by atoms with Crippen LogP contribution in [0, 0.1) is 11.3 Å². The zero-order valence-corrected chi connectivity index (χ0v) is 15.4. The number of oxazole rings is 1. The van der Waals surface area contributed by atoms with Crippen LogP contribution in [0.15, 0.2) is 16.9 Å². The van der Waals surface area contributed by atoms with E-state index in [-0.39, 0.29) is 29.7 Å². The van der Waals surface area contributed by atoms with Gasteiger partial charge in [-0.3, -0.25) is 24.9 Å². The number of nitrogens with one attached hydrogen (secondary N) is 2. The van der Waals surface area contributed by atoms with Crippen molar-refractivity contribution in [3.8, 4) is 0 Å². The normalized spacial score (nSPS) is 21.1. The number of aromatic nitrogens is 1. The van der Waals surface area contributed by atoms with Crippen molar-refractivity contribution in [3.63, 3.8) is 0 Å². The number of amides is 3. The standard InChI is InChI=1S/C18H26N4O5/c1-2-3-4-12(9-14(23)21-26)16(25)22-11-18(5-6-18)10-13(22)15(24)20-17-19-7-8-27-17/h7-8,12-13,26H,2-6,9-11H2,1H3,(H,21,23)(H,19,20,24)/t12?,13-/m0/s1. The SMILES string of the molecule is CCCCC(CC(=O)NO)C(=O)N1CC2(CC2)C[C@H]1C(=O)Nc1ncco1. The van der Waals surface area contributed by atoms with Crippen molar-refractivity contribution < 1.29 is 24.0 Å². The molecule has 1 spiro atoms. The highest BCUT2D eigenvalue weighted by atomic mass is 16.5. The van der Waals surface area contributed by atoms with E-state index in [9.17, 15) is 14.4 Å². The molecule has 27 heavy (non-hydrogen) atoms. The van der Waals surface area contributed by atoms with Gasteiger partial charge in [0.15, 0.2) is 0 Å². The smallest absolute Gasteiger partial charge is 0.301 e. The number of anilines is 1. The average molecular weight is 378 g/mol. The summed E-state index contributed by atoms with van der Waals surface area (Å²) in [7, 11) is 0. The van der Waals surface area contributed by atoms with Crippen LogP contribution in [0.4, 0.5) is 6.01 Å². The molecule has 1 unspecified atom stereocenters. The topological polar surface area (TPSA) is 125 Å². The second kappa shape index (κ2) is 8.08. The molecule has 0 bridgehead atoms. The van der Waals surface area contributed by atoms with Crippen molar-refractivity contribution in [1.82, 2.24) is 15.4 Å². The van der Waals surface area contributed by atoms with E-state index in [1.165, 1.54) is 12.5 Å². The van der Waals surface area contributed by atoms with E-state index < -0.39 is 17.9 Å². The molecule has 3 N–H and O–H groups in total. The molecule has 1 saturated carbocycles. The molecule has 2 aliphatic rings. The third-order valence-corrected chi connectivity index (χ3v) is 5.53. The molecule has 3 amide bonds. The summed E-state index contributed by atoms with van der Waals surface area (Å²) in [5.41, 5.74) is 1.62. The summed E-state index contributed by atoms with van der Waals surface area (Å²) in [5, 5.41) is 11.4. The van der Waals surface area contributed by atoms with E-state index in [1.807, 2.05) is 6.92 Å². The monoisotopic (exact) mass is 378 g/mol. The Morgan fingerprint density at radius 2 is 2.22 bits per heavy atom. The highest BCUT2D eigenvalue weighted by molar-refractivity contribution is 5.97. The quantitative estimate of drug-likeness (QED) is 0.467. The number of unbranched alkanes of at least 4 members (excludes halogenated alkanes) is 1. The molecule has 0 aromatic carbocycles. The summed E-state index contributed by atoms with van der Waals surface area (Å²) in [6.07, 6.45) is 7.54. The summed E-state index contributed by atoms with van der Waals surface area (Å²) >= 11 is 0. The Kier molecular flexibility index (Phi) is 5.79. The van der Waals surface area contributed by atoms with E-state index in [2.05, 4.69) is 10.3 Å². The molecule has 2 fully saturated rings. The van der Waals surface area contributed by atoms with Crippen molar-refractivity contribution in [2.45, 2.75) is 57.9 Å². The Morgan fingerprint density at radius 3 is 2.81 bits per heavy atom. The summed E-state index contributed by atoms with van der Waals surface area (Å²) in [6, 6.07) is -0.500. The van der Waals surface area contributed by atoms with E-state index in [0.29, 0.717) is 19.4 Å². The van der Waals surface area contributed by atoms with Gasteiger partial charge in [0.2, 0.25) is 11.8 Å². The summed E-state index contributed by atoms with van der Waals surface area (Å²) < 4.78 is 5.07. The molecule has 1 aromatic rings. The molecule has 1 saturated heterocycles. The van der Waals surface area contributed by atoms with Crippen LogP contribution in [0.3, 0.4) is 0 Å². The Hall–Kier alpha value is -2.42. The average Bonchev–Trinajstić information content (AvgIpc) is 3.05. The van der Waals surface area contributed by atoms with Crippen molar-refractivity contribution >= 4 is 23.7 Å². The first kappa shape index (κ1) is 19.3. The van der Waals surface area contributed by atoms with Crippen molar-refractivity contribution in [3.05, 3.63) is 12.5 Å². The van der Waals surface area contributed by atoms with E-state index in [1.54, 1.807) is 10.4 Å². The summed E-state index contributed by atoms with van der Waals surface area (Å²) in [6.45, 7) is 2.54. The maximum atomic E-state index is 13.2. The van der Waals surface area contributed by atoms with Gasteiger partial charge in [0, 0.05) is 18.9 Å². The van der Waals surface area contributed by atoms with Gasteiger partial charge in [0.05, 0.1) is 6.20 Å². The largest absolute Gasteiger partial charge is 0.432 e. The van der Waals surface area contributed by atoms with Gasteiger partial charge in [-0.15, -0.1) is 0 Å². The fourth-order valence-corrected chi connectivity index (χ4v) is 3.80. The Morgan fingerprint density at radius 1 is 1.44 bits per heavy atom. The van der Waals surface area contributed by atoms with Crippen LogP contribution in [0.5, 0.6) is 0 Å². The molecule has 0 radical (unpaired) electrons. The van der Waals surface area contributed by atoms with Gasteiger partial charge >= 0.3 is 6.01 Å². The minimum atomic E-state index is -0.604. The number of hydrogen-bond donors (Lipinski definition) is 3. The van der Waals surface area contributed by atoms with E-state index in [4.69, 9.17) is 9.62 Å². The van der Waals surface area contributed by atoms with Crippen LogP contribution in [0.25, 0.3) is 0 Å². The van der Waals surface area contributed by atoms with Gasteiger partial charge in [0.1, 0.15) is 12.3 Å². The van der Waals surface area contributed by atoms with Gasteiger partial charge in [-0.1, -0.05) is 19.8 Å². The Labute approximate surface area is 157 Å². The number of carbonyl (C=O) groups is 3. The van der Waals surface area contributed by atoms with Gasteiger partial charge in [-0.05, 0) is 31.1 Å². The predicted octanol–water partition coefficient (Wildman–Crippen LogP) is 1.70. The van der Waals surface area contributed by atoms with Crippen molar-refractivity contribution in [1.29, 1.82) is 0 Å². The predicted molar refractivity (Wildman–Crippen MR) is 94.5 cm³/mol. The number of hydrogen-bond acceptors (Lipinski definition) is 6. The van der Waals surface area contributed by atoms with E-state index in [0.717, 1.165) is 25.7 Å². The third-order valence-electron chi connectivity index (χ3n) is 5.53. The second-order valence-electron chi connectivity index (χ2n) is 7.59. The van der Waals surface area contributed by atoms with Gasteiger partial charge in [0.25, 0.3) is 5.91 Å². The lowest BCUT2D eigenvalue weighted by Gasteiger charge is -2.27. The first-order chi connectivity index (χ1) is 13.0. The Bertz CT molecular complexity index is 686. The highest BCUT2D eigenvalue weighted by Crippen LogP contribution is 2.55. The van der Waals surface area contributed by atoms with Crippen LogP contribution in [0.2, 0.25) is 0 Å². The van der Waals surface area contributed by atoms with Crippen LogP contribution in [0.1, 0.15) is 51.9 Å². The molecule has 1 aliphatic heterocycles. The number of likely N-dealkylation sites (tertiary alicyclic amines) is 1. The van der Waals surface area contributed by atoms with Crippen LogP contribution < -0.4 is 10.8 Å². The lowest BCUT2D eigenvalue weighted by molar-refractivity contribution is -0.143. The number of carbonyl (C=O) groups excluding carboxylic acids is 3. The first-order valence-electron chi connectivity index (χ1n) is 9.42. The molecule has 148 valence electrons. The molecule has 3 rings (SSSR count). The summed E-state index contributed by atoms with van der Waals surface area (Å²) in [4.78, 5) is 43.1. The Balaban J connectivity index is 1.74. The first-order valence-corrected chi connectivity index (χ1v) is 9.42. The molecule has 9 nitrogen and oxygen atoms in total.